The topological polar surface area (TPSA) is 55.6 Å². The van der Waals surface area contributed by atoms with Crippen LogP contribution in [0.5, 0.6) is 5.75 Å². The molecule has 1 aliphatic rings. The number of rotatable bonds is 4. The van der Waals surface area contributed by atoms with Crippen LogP contribution >= 0.6 is 0 Å². The predicted molar refractivity (Wildman–Crippen MR) is 70.3 cm³/mol. The van der Waals surface area contributed by atoms with Gasteiger partial charge in [-0.05, 0) is 31.5 Å². The molecule has 0 bridgehead atoms. The van der Waals surface area contributed by atoms with E-state index in [0.717, 1.165) is 31.8 Å². The van der Waals surface area contributed by atoms with E-state index in [1.807, 2.05) is 12.1 Å². The number of ether oxygens (including phenoxy) is 1. The molecule has 0 spiro atoms. The number of benzene rings is 1. The Morgan fingerprint density at radius 1 is 1.56 bits per heavy atom. The van der Waals surface area contributed by atoms with Gasteiger partial charge in [-0.25, -0.2) is 0 Å². The van der Waals surface area contributed by atoms with Crippen LogP contribution < -0.4 is 10.5 Å². The molecule has 18 heavy (non-hydrogen) atoms. The lowest BCUT2D eigenvalue weighted by Crippen LogP contribution is -2.27. The van der Waals surface area contributed by atoms with Gasteiger partial charge in [0, 0.05) is 18.7 Å². The molecule has 1 saturated heterocycles. The van der Waals surface area contributed by atoms with Crippen molar-refractivity contribution in [2.75, 3.05) is 20.2 Å². The summed E-state index contributed by atoms with van der Waals surface area (Å²) in [5.74, 6) is 0.729. The van der Waals surface area contributed by atoms with E-state index < -0.39 is 0 Å². The van der Waals surface area contributed by atoms with Crippen LogP contribution in [0.25, 0.3) is 0 Å². The summed E-state index contributed by atoms with van der Waals surface area (Å²) in [5.41, 5.74) is 7.77. The average Bonchev–Trinajstić information content (AvgIpc) is 2.80. The summed E-state index contributed by atoms with van der Waals surface area (Å²) in [6, 6.07) is 6.05. The first kappa shape index (κ1) is 12.9. The molecule has 1 amide bonds. The quantitative estimate of drug-likeness (QED) is 0.874. The molecule has 1 heterocycles. The molecule has 0 saturated carbocycles. The molecule has 0 radical (unpaired) electrons. The fraction of sp³-hybridized carbons (Fsp3) is 0.500. The van der Waals surface area contributed by atoms with Crippen LogP contribution in [0.15, 0.2) is 18.2 Å². The third-order valence-electron chi connectivity index (χ3n) is 3.64. The monoisotopic (exact) mass is 248 g/mol. The van der Waals surface area contributed by atoms with Crippen LogP contribution in [-0.4, -0.2) is 31.0 Å². The van der Waals surface area contributed by atoms with E-state index in [-0.39, 0.29) is 11.8 Å². The largest absolute Gasteiger partial charge is 0.496 e. The molecule has 1 fully saturated rings. The lowest BCUT2D eigenvalue weighted by atomic mass is 10.1. The molecule has 2 N–H and O–H groups in total. The molecule has 1 aliphatic heterocycles. The maximum absolute atomic E-state index is 11.2. The van der Waals surface area contributed by atoms with Crippen molar-refractivity contribution in [2.24, 2.45) is 11.7 Å². The van der Waals surface area contributed by atoms with E-state index in [0.29, 0.717) is 0 Å². The first-order valence-corrected chi connectivity index (χ1v) is 6.26. The zero-order valence-electron chi connectivity index (χ0n) is 11.0. The minimum absolute atomic E-state index is 0.0000123. The van der Waals surface area contributed by atoms with Gasteiger partial charge in [-0.15, -0.1) is 0 Å². The van der Waals surface area contributed by atoms with Crippen molar-refractivity contribution in [3.8, 4) is 5.75 Å². The number of hydrogen-bond donors (Lipinski definition) is 1. The molecule has 1 unspecified atom stereocenters. The fourth-order valence-electron chi connectivity index (χ4n) is 2.50. The number of amides is 1. The van der Waals surface area contributed by atoms with Gasteiger partial charge in [-0.2, -0.15) is 0 Å². The molecule has 0 aromatic heterocycles. The van der Waals surface area contributed by atoms with Gasteiger partial charge >= 0.3 is 0 Å². The van der Waals surface area contributed by atoms with Crippen LogP contribution in [0.1, 0.15) is 17.5 Å². The molecule has 98 valence electrons. The number of aryl methyl sites for hydroxylation is 1. The van der Waals surface area contributed by atoms with Gasteiger partial charge in [-0.3, -0.25) is 9.69 Å². The van der Waals surface area contributed by atoms with Crippen molar-refractivity contribution in [1.82, 2.24) is 4.90 Å². The molecule has 4 nitrogen and oxygen atoms in total. The second-order valence-electron chi connectivity index (χ2n) is 4.88. The number of carbonyl (C=O) groups excluding carboxylic acids is 1. The summed E-state index contributed by atoms with van der Waals surface area (Å²) in [5, 5.41) is 0. The van der Waals surface area contributed by atoms with Crippen LogP contribution in [0.4, 0.5) is 0 Å². The number of carbonyl (C=O) groups is 1. The summed E-state index contributed by atoms with van der Waals surface area (Å²) in [6.45, 7) is 4.58. The van der Waals surface area contributed by atoms with Crippen LogP contribution in [0.2, 0.25) is 0 Å². The highest BCUT2D eigenvalue weighted by Crippen LogP contribution is 2.26. The zero-order valence-corrected chi connectivity index (χ0v) is 11.0. The van der Waals surface area contributed by atoms with Gasteiger partial charge in [0.2, 0.25) is 5.91 Å². The molecule has 1 atom stereocenters. The summed E-state index contributed by atoms with van der Waals surface area (Å²) >= 11 is 0. The maximum Gasteiger partial charge on any atom is 0.221 e. The van der Waals surface area contributed by atoms with E-state index in [9.17, 15) is 4.79 Å². The molecule has 4 heteroatoms. The number of nitrogens with two attached hydrogens (primary N) is 1. The van der Waals surface area contributed by atoms with E-state index in [1.54, 1.807) is 7.11 Å². The summed E-state index contributed by atoms with van der Waals surface area (Å²) in [6.07, 6.45) is 0.865. The predicted octanol–water partition coefficient (Wildman–Crippen LogP) is 1.31. The van der Waals surface area contributed by atoms with Crippen molar-refractivity contribution in [3.05, 3.63) is 29.3 Å². The maximum atomic E-state index is 11.2. The second-order valence-corrected chi connectivity index (χ2v) is 4.88. The number of nitrogens with zero attached hydrogens (tertiary/aromatic N) is 1. The Hall–Kier alpha value is -1.55. The molecular formula is C14H20N2O2. The number of hydrogen-bond acceptors (Lipinski definition) is 3. The highest BCUT2D eigenvalue weighted by atomic mass is 16.5. The Morgan fingerprint density at radius 3 is 2.94 bits per heavy atom. The SMILES string of the molecule is COc1cccc(C)c1CN1CCC(C(N)=O)C1. The van der Waals surface area contributed by atoms with Crippen LogP contribution in [0.3, 0.4) is 0 Å². The molecule has 1 aromatic carbocycles. The minimum Gasteiger partial charge on any atom is -0.496 e. The van der Waals surface area contributed by atoms with Gasteiger partial charge in [0.25, 0.3) is 0 Å². The van der Waals surface area contributed by atoms with Crippen molar-refractivity contribution in [2.45, 2.75) is 19.9 Å². The van der Waals surface area contributed by atoms with Gasteiger partial charge in [0.05, 0.1) is 13.0 Å². The van der Waals surface area contributed by atoms with Gasteiger partial charge in [-0.1, -0.05) is 12.1 Å². The Kier molecular flexibility index (Phi) is 3.87. The minimum atomic E-state index is -0.186. The second kappa shape index (κ2) is 5.40. The lowest BCUT2D eigenvalue weighted by Gasteiger charge is -2.19. The Balaban J connectivity index is 2.09. The van der Waals surface area contributed by atoms with Gasteiger partial charge in [0.15, 0.2) is 0 Å². The smallest absolute Gasteiger partial charge is 0.221 e. The lowest BCUT2D eigenvalue weighted by molar-refractivity contribution is -0.121. The Bertz CT molecular complexity index is 445. The summed E-state index contributed by atoms with van der Waals surface area (Å²) in [4.78, 5) is 13.4. The van der Waals surface area contributed by atoms with Gasteiger partial charge < -0.3 is 10.5 Å². The first-order chi connectivity index (χ1) is 8.61. The van der Waals surface area contributed by atoms with Crippen molar-refractivity contribution in [3.63, 3.8) is 0 Å². The molecular weight excluding hydrogens is 228 g/mol. The zero-order chi connectivity index (χ0) is 13.1. The van der Waals surface area contributed by atoms with Crippen LogP contribution in [-0.2, 0) is 11.3 Å². The van der Waals surface area contributed by atoms with E-state index in [1.165, 1.54) is 11.1 Å². The fourth-order valence-corrected chi connectivity index (χ4v) is 2.50. The van der Waals surface area contributed by atoms with Crippen LogP contribution in [0, 0.1) is 12.8 Å². The summed E-state index contributed by atoms with van der Waals surface area (Å²) < 4.78 is 5.39. The molecule has 2 rings (SSSR count). The average molecular weight is 248 g/mol. The third-order valence-corrected chi connectivity index (χ3v) is 3.64. The molecule has 0 aliphatic carbocycles. The standard InChI is InChI=1S/C14H20N2O2/c1-10-4-3-5-13(18-2)12(10)9-16-7-6-11(8-16)14(15)17/h3-5,11H,6-9H2,1-2H3,(H2,15,17). The Morgan fingerprint density at radius 2 is 2.33 bits per heavy atom. The normalized spacial score (nSPS) is 20.0. The van der Waals surface area contributed by atoms with E-state index in [4.69, 9.17) is 10.5 Å². The van der Waals surface area contributed by atoms with E-state index in [2.05, 4.69) is 17.9 Å². The number of methoxy groups -OCH3 is 1. The first-order valence-electron chi connectivity index (χ1n) is 6.26. The number of primary amides is 1. The highest BCUT2D eigenvalue weighted by Gasteiger charge is 2.27. The van der Waals surface area contributed by atoms with Crippen molar-refractivity contribution in [1.29, 1.82) is 0 Å². The highest BCUT2D eigenvalue weighted by molar-refractivity contribution is 5.77. The van der Waals surface area contributed by atoms with E-state index >= 15 is 0 Å². The molecule has 1 aromatic rings. The Labute approximate surface area is 108 Å². The van der Waals surface area contributed by atoms with Gasteiger partial charge in [0.1, 0.15) is 5.75 Å². The van der Waals surface area contributed by atoms with Crippen molar-refractivity contribution >= 4 is 5.91 Å². The third kappa shape index (κ3) is 2.64. The van der Waals surface area contributed by atoms with Crippen molar-refractivity contribution < 1.29 is 9.53 Å². The summed E-state index contributed by atoms with van der Waals surface area (Å²) in [7, 11) is 1.69. The number of likely N-dealkylation sites (tertiary alicyclic amines) is 1.